The number of benzene rings is 1. The van der Waals surface area contributed by atoms with Gasteiger partial charge < -0.3 is 9.13 Å². The molecule has 0 amide bonds. The number of thiophene rings is 2. The van der Waals surface area contributed by atoms with E-state index in [1.54, 1.807) is 0 Å². The van der Waals surface area contributed by atoms with Crippen molar-refractivity contribution in [3.8, 4) is 0 Å². The van der Waals surface area contributed by atoms with Crippen LogP contribution in [0.25, 0.3) is 42.2 Å². The van der Waals surface area contributed by atoms with Gasteiger partial charge in [0.25, 0.3) is 0 Å². The summed E-state index contributed by atoms with van der Waals surface area (Å²) in [4.78, 5) is 0. The maximum Gasteiger partial charge on any atom is 0.0601 e. The SMILES string of the molecule is CCCCCCCCCCCCn1c2cc3c4sccc4n(CCCCCCCCCCCC)c3cc2c2sccc21. The van der Waals surface area contributed by atoms with E-state index < -0.39 is 0 Å². The van der Waals surface area contributed by atoms with Gasteiger partial charge in [-0.05, 0) is 47.9 Å². The van der Waals surface area contributed by atoms with Crippen LogP contribution in [0.3, 0.4) is 0 Å². The van der Waals surface area contributed by atoms with Crippen molar-refractivity contribution >= 4 is 64.9 Å². The largest absolute Gasteiger partial charge is 0.340 e. The first-order valence-electron chi connectivity index (χ1n) is 17.7. The molecule has 42 heavy (non-hydrogen) atoms. The predicted molar refractivity (Wildman–Crippen MR) is 192 cm³/mol. The summed E-state index contributed by atoms with van der Waals surface area (Å²) in [6.45, 7) is 6.90. The highest BCUT2D eigenvalue weighted by Gasteiger charge is 2.18. The first-order valence-corrected chi connectivity index (χ1v) is 19.5. The van der Waals surface area contributed by atoms with E-state index in [0.717, 1.165) is 13.1 Å². The van der Waals surface area contributed by atoms with E-state index in [1.165, 1.54) is 171 Å². The molecule has 4 aromatic heterocycles. The Hall–Kier alpha value is -1.78. The molecule has 1 aromatic carbocycles. The quantitative estimate of drug-likeness (QED) is 0.0695. The molecule has 5 aromatic rings. The van der Waals surface area contributed by atoms with Gasteiger partial charge in [-0.15, -0.1) is 22.7 Å². The zero-order chi connectivity index (χ0) is 29.0. The summed E-state index contributed by atoms with van der Waals surface area (Å²) in [5, 5.41) is 7.53. The number of aryl methyl sites for hydroxylation is 2. The highest BCUT2D eigenvalue weighted by Crippen LogP contribution is 2.40. The van der Waals surface area contributed by atoms with Crippen molar-refractivity contribution in [1.82, 2.24) is 9.13 Å². The van der Waals surface area contributed by atoms with E-state index in [2.05, 4.69) is 58.0 Å². The summed E-state index contributed by atoms with van der Waals surface area (Å²) in [7, 11) is 0. The van der Waals surface area contributed by atoms with Gasteiger partial charge in [-0.3, -0.25) is 0 Å². The average Bonchev–Trinajstić information content (AvgIpc) is 3.78. The number of unbranched alkanes of at least 4 members (excludes halogenated alkanes) is 18. The van der Waals surface area contributed by atoms with Crippen LogP contribution in [0.4, 0.5) is 0 Å². The summed E-state index contributed by atoms with van der Waals surface area (Å²) in [6, 6.07) is 9.81. The molecule has 0 aliphatic heterocycles. The highest BCUT2D eigenvalue weighted by atomic mass is 32.1. The van der Waals surface area contributed by atoms with E-state index in [0.29, 0.717) is 0 Å². The lowest BCUT2D eigenvalue weighted by atomic mass is 10.1. The minimum Gasteiger partial charge on any atom is -0.340 e. The van der Waals surface area contributed by atoms with Crippen LogP contribution in [0.2, 0.25) is 0 Å². The monoisotopic (exact) mass is 604 g/mol. The molecule has 0 saturated carbocycles. The summed E-state index contributed by atoms with van der Waals surface area (Å²) in [5.41, 5.74) is 5.79. The van der Waals surface area contributed by atoms with Crippen LogP contribution in [0.15, 0.2) is 35.0 Å². The van der Waals surface area contributed by atoms with Crippen LogP contribution >= 0.6 is 22.7 Å². The van der Waals surface area contributed by atoms with Gasteiger partial charge in [-0.2, -0.15) is 0 Å². The van der Waals surface area contributed by atoms with Crippen molar-refractivity contribution < 1.29 is 0 Å². The average molecular weight is 605 g/mol. The number of nitrogens with zero attached hydrogens (tertiary/aromatic N) is 2. The molecule has 0 N–H and O–H groups in total. The molecule has 0 aliphatic rings. The lowest BCUT2D eigenvalue weighted by molar-refractivity contribution is 0.541. The second-order valence-electron chi connectivity index (χ2n) is 12.8. The standard InChI is InChI=1S/C38H56N2S2/c1-3-5-7-9-11-13-15-17-19-21-25-39-33-23-27-41-37(33)31-30-36-32(29-35(31)39)38-34(24-28-42-38)40(36)26-22-20-18-16-14-12-10-8-6-4-2/h23-24,27-30H,3-22,25-26H2,1-2H3. The Balaban J connectivity index is 1.21. The van der Waals surface area contributed by atoms with E-state index in [1.807, 2.05) is 22.7 Å². The van der Waals surface area contributed by atoms with Crippen LogP contribution in [-0.4, -0.2) is 9.13 Å². The first kappa shape index (κ1) is 31.6. The van der Waals surface area contributed by atoms with Gasteiger partial charge in [0.1, 0.15) is 0 Å². The van der Waals surface area contributed by atoms with Gasteiger partial charge in [0.15, 0.2) is 0 Å². The smallest absolute Gasteiger partial charge is 0.0601 e. The van der Waals surface area contributed by atoms with Crippen LogP contribution in [0.5, 0.6) is 0 Å². The van der Waals surface area contributed by atoms with Gasteiger partial charge in [0.2, 0.25) is 0 Å². The minimum absolute atomic E-state index is 1.14. The van der Waals surface area contributed by atoms with Crippen LogP contribution in [-0.2, 0) is 13.1 Å². The fraction of sp³-hybridized carbons (Fsp3) is 0.632. The zero-order valence-electron chi connectivity index (χ0n) is 26.7. The van der Waals surface area contributed by atoms with Crippen molar-refractivity contribution in [1.29, 1.82) is 0 Å². The Bertz CT molecular complexity index is 1370. The summed E-state index contributed by atoms with van der Waals surface area (Å²) in [5.74, 6) is 0. The third-order valence-electron chi connectivity index (χ3n) is 9.53. The fourth-order valence-corrected chi connectivity index (χ4v) is 8.92. The normalized spacial score (nSPS) is 12.2. The number of aromatic nitrogens is 2. The van der Waals surface area contributed by atoms with Gasteiger partial charge in [0.05, 0.1) is 31.5 Å². The highest BCUT2D eigenvalue weighted by molar-refractivity contribution is 7.18. The van der Waals surface area contributed by atoms with Crippen molar-refractivity contribution in [2.45, 2.75) is 155 Å². The molecule has 5 rings (SSSR count). The van der Waals surface area contributed by atoms with E-state index in [-0.39, 0.29) is 0 Å². The van der Waals surface area contributed by atoms with E-state index >= 15 is 0 Å². The Morgan fingerprint density at radius 2 is 0.762 bits per heavy atom. The summed E-state index contributed by atoms with van der Waals surface area (Å²) < 4.78 is 8.25. The predicted octanol–water partition coefficient (Wildman–Crippen LogP) is 13.9. The molecule has 0 unspecified atom stereocenters. The van der Waals surface area contributed by atoms with Crippen molar-refractivity contribution in [3.63, 3.8) is 0 Å². The van der Waals surface area contributed by atoms with E-state index in [4.69, 9.17) is 0 Å². The van der Waals surface area contributed by atoms with Crippen LogP contribution in [0.1, 0.15) is 142 Å². The molecule has 4 heteroatoms. The van der Waals surface area contributed by atoms with Crippen molar-refractivity contribution in [2.24, 2.45) is 0 Å². The molecule has 2 nitrogen and oxygen atoms in total. The Morgan fingerprint density at radius 3 is 1.12 bits per heavy atom. The van der Waals surface area contributed by atoms with Gasteiger partial charge >= 0.3 is 0 Å². The molecule has 0 atom stereocenters. The molecule has 0 spiro atoms. The lowest BCUT2D eigenvalue weighted by Crippen LogP contribution is -1.98. The second kappa shape index (κ2) is 16.9. The molecule has 230 valence electrons. The summed E-state index contributed by atoms with van der Waals surface area (Å²) >= 11 is 3.85. The zero-order valence-corrected chi connectivity index (χ0v) is 28.4. The molecule has 0 saturated heterocycles. The number of rotatable bonds is 22. The Kier molecular flexibility index (Phi) is 12.7. The maximum absolute atomic E-state index is 2.64. The fourth-order valence-electron chi connectivity index (χ4n) is 7.08. The second-order valence-corrected chi connectivity index (χ2v) is 14.7. The van der Waals surface area contributed by atoms with Gasteiger partial charge in [-0.1, -0.05) is 129 Å². The van der Waals surface area contributed by atoms with Crippen LogP contribution in [0, 0.1) is 0 Å². The molecule has 4 heterocycles. The summed E-state index contributed by atoms with van der Waals surface area (Å²) in [6.07, 6.45) is 27.9. The van der Waals surface area contributed by atoms with E-state index in [9.17, 15) is 0 Å². The molecule has 0 radical (unpaired) electrons. The lowest BCUT2D eigenvalue weighted by Gasteiger charge is -2.09. The number of hydrogen-bond donors (Lipinski definition) is 0. The molecule has 0 bridgehead atoms. The van der Waals surface area contributed by atoms with Gasteiger partial charge in [-0.25, -0.2) is 0 Å². The Morgan fingerprint density at radius 1 is 0.429 bits per heavy atom. The number of fused-ring (bicyclic) bond motifs is 6. The molecule has 0 aliphatic carbocycles. The van der Waals surface area contributed by atoms with Gasteiger partial charge in [0, 0.05) is 23.9 Å². The van der Waals surface area contributed by atoms with Crippen molar-refractivity contribution in [3.05, 3.63) is 35.0 Å². The maximum atomic E-state index is 2.64. The Labute approximate surface area is 263 Å². The third-order valence-corrected chi connectivity index (χ3v) is 11.4. The number of hydrogen-bond acceptors (Lipinski definition) is 2. The topological polar surface area (TPSA) is 9.86 Å². The minimum atomic E-state index is 1.14. The third kappa shape index (κ3) is 7.83. The molecular weight excluding hydrogens is 549 g/mol. The molecular formula is C38H56N2S2. The molecule has 0 fully saturated rings. The first-order chi connectivity index (χ1) is 20.8. The van der Waals surface area contributed by atoms with Crippen molar-refractivity contribution in [2.75, 3.05) is 0 Å². The van der Waals surface area contributed by atoms with Crippen LogP contribution < -0.4 is 0 Å².